The smallest absolute Gasteiger partial charge is 0.130 e. The number of nitrogens with two attached hydrogens (primary N) is 2. The molecule has 1 atom stereocenters. The van der Waals surface area contributed by atoms with Gasteiger partial charge in [0.15, 0.2) is 0 Å². The summed E-state index contributed by atoms with van der Waals surface area (Å²) in [6.07, 6.45) is 0. The van der Waals surface area contributed by atoms with Gasteiger partial charge in [0, 0.05) is 23.7 Å². The van der Waals surface area contributed by atoms with Gasteiger partial charge < -0.3 is 20.9 Å². The Kier molecular flexibility index (Phi) is 3.94. The van der Waals surface area contributed by atoms with E-state index in [1.54, 1.807) is 14.2 Å². The highest BCUT2D eigenvalue weighted by molar-refractivity contribution is 5.50. The SMILES string of the molecule is COc1ccc([C@@H](N)CN)c(OC)c1C. The van der Waals surface area contributed by atoms with Crippen LogP contribution in [0.4, 0.5) is 0 Å². The lowest BCUT2D eigenvalue weighted by atomic mass is 10.0. The van der Waals surface area contributed by atoms with Gasteiger partial charge in [-0.1, -0.05) is 6.07 Å². The van der Waals surface area contributed by atoms with Gasteiger partial charge in [0.05, 0.1) is 14.2 Å². The van der Waals surface area contributed by atoms with Crippen LogP contribution in [0.5, 0.6) is 11.5 Å². The predicted molar refractivity (Wildman–Crippen MR) is 60.3 cm³/mol. The van der Waals surface area contributed by atoms with Crippen molar-refractivity contribution in [3.63, 3.8) is 0 Å². The van der Waals surface area contributed by atoms with Crippen LogP contribution in [0.15, 0.2) is 12.1 Å². The second-order valence-electron chi connectivity index (χ2n) is 3.36. The van der Waals surface area contributed by atoms with E-state index in [0.29, 0.717) is 6.54 Å². The molecule has 0 bridgehead atoms. The summed E-state index contributed by atoms with van der Waals surface area (Å²) in [4.78, 5) is 0. The lowest BCUT2D eigenvalue weighted by Gasteiger charge is -2.17. The van der Waals surface area contributed by atoms with Gasteiger partial charge in [-0.2, -0.15) is 0 Å². The molecule has 0 saturated heterocycles. The Morgan fingerprint density at radius 3 is 2.40 bits per heavy atom. The minimum absolute atomic E-state index is 0.204. The topological polar surface area (TPSA) is 70.5 Å². The third-order valence-corrected chi connectivity index (χ3v) is 2.46. The zero-order valence-corrected chi connectivity index (χ0v) is 9.41. The quantitative estimate of drug-likeness (QED) is 0.777. The Bertz CT molecular complexity index is 340. The molecule has 0 saturated carbocycles. The number of hydrogen-bond donors (Lipinski definition) is 2. The fraction of sp³-hybridized carbons (Fsp3) is 0.455. The summed E-state index contributed by atoms with van der Waals surface area (Å²) in [6, 6.07) is 3.56. The highest BCUT2D eigenvalue weighted by atomic mass is 16.5. The molecule has 0 aliphatic rings. The fourth-order valence-electron chi connectivity index (χ4n) is 1.61. The third kappa shape index (κ3) is 2.22. The van der Waals surface area contributed by atoms with Crippen molar-refractivity contribution in [2.75, 3.05) is 20.8 Å². The molecule has 0 aromatic heterocycles. The van der Waals surface area contributed by atoms with E-state index < -0.39 is 0 Å². The van der Waals surface area contributed by atoms with Crippen molar-refractivity contribution < 1.29 is 9.47 Å². The number of methoxy groups -OCH3 is 2. The van der Waals surface area contributed by atoms with Gasteiger partial charge in [-0.25, -0.2) is 0 Å². The molecule has 0 amide bonds. The third-order valence-electron chi connectivity index (χ3n) is 2.46. The Hall–Kier alpha value is -1.26. The first-order valence-electron chi connectivity index (χ1n) is 4.82. The van der Waals surface area contributed by atoms with E-state index in [0.717, 1.165) is 22.6 Å². The second-order valence-corrected chi connectivity index (χ2v) is 3.36. The average Bonchev–Trinajstić information content (AvgIpc) is 2.27. The van der Waals surface area contributed by atoms with Crippen LogP contribution < -0.4 is 20.9 Å². The zero-order chi connectivity index (χ0) is 11.4. The van der Waals surface area contributed by atoms with Crippen molar-refractivity contribution in [3.8, 4) is 11.5 Å². The number of hydrogen-bond acceptors (Lipinski definition) is 4. The molecule has 4 nitrogen and oxygen atoms in total. The summed E-state index contributed by atoms with van der Waals surface area (Å²) in [6.45, 7) is 2.33. The van der Waals surface area contributed by atoms with Gasteiger partial charge in [0.1, 0.15) is 11.5 Å². The number of rotatable bonds is 4. The Labute approximate surface area is 90.2 Å². The van der Waals surface area contributed by atoms with E-state index in [9.17, 15) is 0 Å². The van der Waals surface area contributed by atoms with Gasteiger partial charge in [-0.3, -0.25) is 0 Å². The second kappa shape index (κ2) is 5.00. The van der Waals surface area contributed by atoms with Crippen molar-refractivity contribution in [2.24, 2.45) is 11.5 Å². The van der Waals surface area contributed by atoms with Gasteiger partial charge in [0.2, 0.25) is 0 Å². The molecule has 0 aliphatic heterocycles. The average molecular weight is 210 g/mol. The Morgan fingerprint density at radius 1 is 1.27 bits per heavy atom. The number of ether oxygens (including phenoxy) is 2. The molecule has 0 heterocycles. The van der Waals surface area contributed by atoms with Crippen molar-refractivity contribution in [2.45, 2.75) is 13.0 Å². The van der Waals surface area contributed by atoms with Crippen molar-refractivity contribution in [3.05, 3.63) is 23.3 Å². The lowest BCUT2D eigenvalue weighted by Crippen LogP contribution is -2.21. The molecule has 84 valence electrons. The molecular weight excluding hydrogens is 192 g/mol. The van der Waals surface area contributed by atoms with E-state index >= 15 is 0 Å². The number of benzene rings is 1. The first kappa shape index (κ1) is 11.8. The van der Waals surface area contributed by atoms with Crippen molar-refractivity contribution >= 4 is 0 Å². The minimum atomic E-state index is -0.204. The zero-order valence-electron chi connectivity index (χ0n) is 9.41. The first-order valence-corrected chi connectivity index (χ1v) is 4.82. The molecular formula is C11H18N2O2. The molecule has 4 heteroatoms. The van der Waals surface area contributed by atoms with Gasteiger partial charge >= 0.3 is 0 Å². The highest BCUT2D eigenvalue weighted by Gasteiger charge is 2.15. The molecule has 4 N–H and O–H groups in total. The summed E-state index contributed by atoms with van der Waals surface area (Å²) >= 11 is 0. The monoisotopic (exact) mass is 210 g/mol. The maximum absolute atomic E-state index is 5.89. The standard InChI is InChI=1S/C11H18N2O2/c1-7-10(14-2)5-4-8(9(13)6-12)11(7)15-3/h4-5,9H,6,12-13H2,1-3H3/t9-/m0/s1. The van der Waals surface area contributed by atoms with Crippen molar-refractivity contribution in [1.82, 2.24) is 0 Å². The molecule has 0 fully saturated rings. The van der Waals surface area contributed by atoms with E-state index in [4.69, 9.17) is 20.9 Å². The van der Waals surface area contributed by atoms with Crippen LogP contribution in [0.25, 0.3) is 0 Å². The Morgan fingerprint density at radius 2 is 1.93 bits per heavy atom. The van der Waals surface area contributed by atoms with E-state index in [1.165, 1.54) is 0 Å². The molecule has 15 heavy (non-hydrogen) atoms. The minimum Gasteiger partial charge on any atom is -0.496 e. The van der Waals surface area contributed by atoms with E-state index in [2.05, 4.69) is 0 Å². The van der Waals surface area contributed by atoms with E-state index in [-0.39, 0.29) is 6.04 Å². The predicted octanol–water partition coefficient (Wildman–Crippen LogP) is 0.971. The molecule has 1 rings (SSSR count). The first-order chi connectivity index (χ1) is 7.15. The van der Waals surface area contributed by atoms with Gasteiger partial charge in [-0.15, -0.1) is 0 Å². The maximum Gasteiger partial charge on any atom is 0.130 e. The largest absolute Gasteiger partial charge is 0.496 e. The molecule has 0 aliphatic carbocycles. The summed E-state index contributed by atoms with van der Waals surface area (Å²) < 4.78 is 10.5. The van der Waals surface area contributed by atoms with E-state index in [1.807, 2.05) is 19.1 Å². The molecule has 1 aromatic rings. The van der Waals surface area contributed by atoms with Crippen molar-refractivity contribution in [1.29, 1.82) is 0 Å². The normalized spacial score (nSPS) is 12.3. The summed E-state index contributed by atoms with van der Waals surface area (Å²) in [5.74, 6) is 1.55. The lowest BCUT2D eigenvalue weighted by molar-refractivity contribution is 0.383. The fourth-order valence-corrected chi connectivity index (χ4v) is 1.61. The van der Waals surface area contributed by atoms with Gasteiger partial charge in [0.25, 0.3) is 0 Å². The van der Waals surface area contributed by atoms with Gasteiger partial charge in [-0.05, 0) is 13.0 Å². The van der Waals surface area contributed by atoms with Crippen LogP contribution in [-0.4, -0.2) is 20.8 Å². The summed E-state index contributed by atoms with van der Waals surface area (Å²) in [7, 11) is 3.25. The van der Waals surface area contributed by atoms with Crippen LogP contribution in [0, 0.1) is 6.92 Å². The molecule has 0 unspecified atom stereocenters. The summed E-state index contributed by atoms with van der Waals surface area (Å²) in [5, 5.41) is 0. The van der Waals surface area contributed by atoms with Crippen LogP contribution >= 0.6 is 0 Å². The van der Waals surface area contributed by atoms with Crippen LogP contribution in [0.2, 0.25) is 0 Å². The Balaban J connectivity index is 3.24. The van der Waals surface area contributed by atoms with Crippen LogP contribution in [-0.2, 0) is 0 Å². The summed E-state index contributed by atoms with van der Waals surface area (Å²) in [5.41, 5.74) is 13.3. The molecule has 0 radical (unpaired) electrons. The van der Waals surface area contributed by atoms with Crippen LogP contribution in [0.1, 0.15) is 17.2 Å². The molecule has 0 spiro atoms. The maximum atomic E-state index is 5.89. The molecule has 1 aromatic carbocycles. The van der Waals surface area contributed by atoms with Crippen LogP contribution in [0.3, 0.4) is 0 Å². The highest BCUT2D eigenvalue weighted by Crippen LogP contribution is 2.33.